The first-order chi connectivity index (χ1) is 13.6. The number of hydrogen-bond acceptors (Lipinski definition) is 6. The van der Waals surface area contributed by atoms with Crippen LogP contribution in [0, 0.1) is 18.8 Å². The van der Waals surface area contributed by atoms with E-state index in [0.29, 0.717) is 17.1 Å². The van der Waals surface area contributed by atoms with Crippen molar-refractivity contribution in [1.29, 1.82) is 0 Å². The molecule has 0 radical (unpaired) electrons. The third-order valence-corrected chi connectivity index (χ3v) is 5.46. The van der Waals surface area contributed by atoms with Crippen LogP contribution < -0.4 is 5.73 Å². The van der Waals surface area contributed by atoms with Crippen LogP contribution in [0.5, 0.6) is 0 Å². The van der Waals surface area contributed by atoms with Crippen molar-refractivity contribution in [2.45, 2.75) is 32.6 Å². The van der Waals surface area contributed by atoms with Gasteiger partial charge in [0.2, 0.25) is 5.91 Å². The van der Waals surface area contributed by atoms with Crippen LogP contribution >= 0.6 is 0 Å². The number of amides is 1. The van der Waals surface area contributed by atoms with Crippen molar-refractivity contribution in [2.75, 3.05) is 0 Å². The number of aromatic nitrogens is 7. The summed E-state index contributed by atoms with van der Waals surface area (Å²) in [7, 11) is 0. The van der Waals surface area contributed by atoms with Crippen LogP contribution in [0.3, 0.4) is 0 Å². The van der Waals surface area contributed by atoms with Gasteiger partial charge in [-0.05, 0) is 44.2 Å². The quantitative estimate of drug-likeness (QED) is 0.578. The molecule has 1 amide bonds. The highest BCUT2D eigenvalue weighted by Crippen LogP contribution is 2.32. The van der Waals surface area contributed by atoms with E-state index in [1.165, 1.54) is 0 Å². The van der Waals surface area contributed by atoms with Gasteiger partial charge in [-0.25, -0.2) is 15.0 Å². The highest BCUT2D eigenvalue weighted by Gasteiger charge is 2.29. The van der Waals surface area contributed by atoms with Gasteiger partial charge in [0, 0.05) is 24.7 Å². The minimum absolute atomic E-state index is 0.0220. The van der Waals surface area contributed by atoms with Crippen molar-refractivity contribution in [3.63, 3.8) is 0 Å². The van der Waals surface area contributed by atoms with Crippen molar-refractivity contribution in [3.05, 3.63) is 42.2 Å². The van der Waals surface area contributed by atoms with Crippen molar-refractivity contribution in [3.8, 4) is 5.69 Å². The van der Waals surface area contributed by atoms with Gasteiger partial charge in [-0.1, -0.05) is 5.21 Å². The average molecular weight is 376 g/mol. The van der Waals surface area contributed by atoms with Crippen LogP contribution in [0.4, 0.5) is 0 Å². The molecule has 0 bridgehead atoms. The first kappa shape index (κ1) is 16.8. The van der Waals surface area contributed by atoms with E-state index in [9.17, 15) is 4.79 Å². The van der Waals surface area contributed by atoms with E-state index in [-0.39, 0.29) is 11.8 Å². The molecule has 28 heavy (non-hydrogen) atoms. The fourth-order valence-corrected chi connectivity index (χ4v) is 4.04. The summed E-state index contributed by atoms with van der Waals surface area (Å²) in [4.78, 5) is 25.0. The maximum Gasteiger partial charge on any atom is 0.220 e. The number of nitrogens with zero attached hydrogens (tertiary/aromatic N) is 7. The zero-order valence-corrected chi connectivity index (χ0v) is 15.5. The van der Waals surface area contributed by atoms with Gasteiger partial charge in [0.05, 0.1) is 17.6 Å². The molecule has 1 aliphatic carbocycles. The third kappa shape index (κ3) is 2.88. The summed E-state index contributed by atoms with van der Waals surface area (Å²) < 4.78 is 3.68. The van der Waals surface area contributed by atoms with Crippen LogP contribution in [0.1, 0.15) is 30.8 Å². The monoisotopic (exact) mass is 376 g/mol. The third-order valence-electron chi connectivity index (χ3n) is 5.46. The molecular formula is C19H20N8O. The Bertz CT molecular complexity index is 1190. The summed E-state index contributed by atoms with van der Waals surface area (Å²) in [5.74, 6) is 0.896. The van der Waals surface area contributed by atoms with Crippen LogP contribution in [-0.2, 0) is 11.2 Å². The molecule has 0 aliphatic heterocycles. The molecule has 4 aromatic heterocycles. The molecule has 1 fully saturated rings. The molecule has 9 nitrogen and oxygen atoms in total. The van der Waals surface area contributed by atoms with Gasteiger partial charge < -0.3 is 10.1 Å². The number of nitrogens with two attached hydrogens (primary N) is 1. The standard InChI is InChI=1S/C19H20N8O/c1-11-9-26-10-14(4-5-17(26)22-11)27-19-15(24-25-27)8-21-16(23-19)7-12-2-3-13(6-12)18(20)28/h4-5,8-10,12-13H,2-3,6-7H2,1H3,(H2,20,28)/t12-,13-/m1/s1. The van der Waals surface area contributed by atoms with Gasteiger partial charge in [0.25, 0.3) is 0 Å². The molecule has 0 spiro atoms. The lowest BCUT2D eigenvalue weighted by molar-refractivity contribution is -0.121. The average Bonchev–Trinajstić information content (AvgIpc) is 3.38. The Kier molecular flexibility index (Phi) is 3.81. The van der Waals surface area contributed by atoms with Gasteiger partial charge in [-0.15, -0.1) is 5.10 Å². The number of pyridine rings is 1. The zero-order chi connectivity index (χ0) is 19.3. The molecule has 1 saturated carbocycles. The maximum atomic E-state index is 11.4. The van der Waals surface area contributed by atoms with E-state index < -0.39 is 0 Å². The first-order valence-corrected chi connectivity index (χ1v) is 9.39. The lowest BCUT2D eigenvalue weighted by atomic mass is 10.0. The fraction of sp³-hybridized carbons (Fsp3) is 0.368. The summed E-state index contributed by atoms with van der Waals surface area (Å²) in [5.41, 5.74) is 9.45. The Balaban J connectivity index is 1.47. The molecule has 0 saturated heterocycles. The van der Waals surface area contributed by atoms with E-state index in [4.69, 9.17) is 10.7 Å². The maximum absolute atomic E-state index is 11.4. The van der Waals surface area contributed by atoms with Crippen LogP contribution in [0.15, 0.2) is 30.7 Å². The lowest BCUT2D eigenvalue weighted by Gasteiger charge is -2.09. The second-order valence-electron chi connectivity index (χ2n) is 7.51. The molecule has 2 N–H and O–H groups in total. The van der Waals surface area contributed by atoms with Crippen molar-refractivity contribution >= 4 is 22.7 Å². The van der Waals surface area contributed by atoms with Gasteiger partial charge in [0.15, 0.2) is 11.2 Å². The Labute approximate surface area is 160 Å². The minimum atomic E-state index is -0.203. The first-order valence-electron chi connectivity index (χ1n) is 9.39. The molecular weight excluding hydrogens is 356 g/mol. The molecule has 1 aliphatic rings. The van der Waals surface area contributed by atoms with E-state index in [1.807, 2.05) is 35.9 Å². The second kappa shape index (κ2) is 6.36. The largest absolute Gasteiger partial charge is 0.369 e. The van der Waals surface area contributed by atoms with Gasteiger partial charge >= 0.3 is 0 Å². The van der Waals surface area contributed by atoms with Crippen LogP contribution in [0.25, 0.3) is 22.5 Å². The number of imidazole rings is 1. The van der Waals surface area contributed by atoms with Crippen molar-refractivity contribution in [2.24, 2.45) is 17.6 Å². The molecule has 4 aromatic rings. The Morgan fingerprint density at radius 3 is 2.96 bits per heavy atom. The number of fused-ring (bicyclic) bond motifs is 2. The predicted octanol–water partition coefficient (Wildman–Crippen LogP) is 1.61. The number of hydrogen-bond donors (Lipinski definition) is 1. The van der Waals surface area contributed by atoms with E-state index in [0.717, 1.165) is 48.5 Å². The normalized spacial score (nSPS) is 19.6. The zero-order valence-electron chi connectivity index (χ0n) is 15.5. The number of carbonyl (C=O) groups excluding carboxylic acids is 1. The molecule has 5 rings (SSSR count). The molecule has 142 valence electrons. The summed E-state index contributed by atoms with van der Waals surface area (Å²) in [6, 6.07) is 3.90. The van der Waals surface area contributed by atoms with Crippen LogP contribution in [-0.4, -0.2) is 40.3 Å². The van der Waals surface area contributed by atoms with Gasteiger partial charge in [0.1, 0.15) is 11.5 Å². The molecule has 4 heterocycles. The highest BCUT2D eigenvalue weighted by atomic mass is 16.1. The number of primary amides is 1. The molecule has 2 atom stereocenters. The number of carbonyl (C=O) groups is 1. The summed E-state index contributed by atoms with van der Waals surface area (Å²) in [5, 5.41) is 8.45. The van der Waals surface area contributed by atoms with Crippen molar-refractivity contribution in [1.82, 2.24) is 34.3 Å². The second-order valence-corrected chi connectivity index (χ2v) is 7.51. The number of rotatable bonds is 4. The van der Waals surface area contributed by atoms with Gasteiger partial charge in [-0.3, -0.25) is 4.79 Å². The summed E-state index contributed by atoms with van der Waals surface area (Å²) in [6.45, 7) is 1.96. The SMILES string of the molecule is Cc1cn2cc(-n3nnc4cnc(C[C@@H]5CC[C@@H](C(N)=O)C5)nc43)ccc2n1. The van der Waals surface area contributed by atoms with Crippen molar-refractivity contribution < 1.29 is 4.79 Å². The summed E-state index contributed by atoms with van der Waals surface area (Å²) >= 11 is 0. The topological polar surface area (TPSA) is 117 Å². The summed E-state index contributed by atoms with van der Waals surface area (Å²) in [6.07, 6.45) is 9.00. The fourth-order valence-electron chi connectivity index (χ4n) is 4.04. The Morgan fingerprint density at radius 2 is 2.14 bits per heavy atom. The minimum Gasteiger partial charge on any atom is -0.369 e. The Hall–Kier alpha value is -3.36. The van der Waals surface area contributed by atoms with E-state index in [2.05, 4.69) is 20.3 Å². The highest BCUT2D eigenvalue weighted by molar-refractivity contribution is 5.76. The lowest BCUT2D eigenvalue weighted by Crippen LogP contribution is -2.21. The van der Waals surface area contributed by atoms with Gasteiger partial charge in [-0.2, -0.15) is 4.68 Å². The smallest absolute Gasteiger partial charge is 0.220 e. The predicted molar refractivity (Wildman–Crippen MR) is 102 cm³/mol. The Morgan fingerprint density at radius 1 is 1.25 bits per heavy atom. The van der Waals surface area contributed by atoms with Crippen LogP contribution in [0.2, 0.25) is 0 Å². The number of aryl methyl sites for hydroxylation is 1. The molecule has 0 aromatic carbocycles. The molecule has 9 heteroatoms. The van der Waals surface area contributed by atoms with E-state index in [1.54, 1.807) is 10.9 Å². The van der Waals surface area contributed by atoms with E-state index >= 15 is 0 Å². The molecule has 0 unspecified atom stereocenters.